The van der Waals surface area contributed by atoms with Gasteiger partial charge in [0.15, 0.2) is 0 Å². The number of nitrogens with zero attached hydrogens (tertiary/aromatic N) is 3. The van der Waals surface area contributed by atoms with E-state index in [1.165, 1.54) is 6.08 Å². The van der Waals surface area contributed by atoms with Crippen LogP contribution in [0, 0.1) is 0 Å². The highest BCUT2D eigenvalue weighted by molar-refractivity contribution is 6.00. The average Bonchev–Trinajstić information content (AvgIpc) is 2.47. The third-order valence-corrected chi connectivity index (χ3v) is 3.51. The number of aromatic amines is 1. The van der Waals surface area contributed by atoms with Crippen LogP contribution in [-0.2, 0) is 6.54 Å². The molecule has 0 aliphatic carbocycles. The van der Waals surface area contributed by atoms with E-state index in [4.69, 9.17) is 0 Å². The number of allylic oxidation sites excluding steroid dienone is 1. The van der Waals surface area contributed by atoms with E-state index in [1.807, 2.05) is 0 Å². The van der Waals surface area contributed by atoms with Crippen molar-refractivity contribution in [2.45, 2.75) is 27.3 Å². The van der Waals surface area contributed by atoms with Crippen molar-refractivity contribution < 1.29 is 5.11 Å². The first-order valence-corrected chi connectivity index (χ1v) is 7.36. The number of hydrogen-bond donors (Lipinski definition) is 2. The largest absolute Gasteiger partial charge is 0.494 e. The zero-order valence-corrected chi connectivity index (χ0v) is 13.4. The predicted octanol–water partition coefficient (Wildman–Crippen LogP) is 0.579. The fourth-order valence-electron chi connectivity index (χ4n) is 2.16. The second-order valence-electron chi connectivity index (χ2n) is 4.85. The lowest BCUT2D eigenvalue weighted by Gasteiger charge is -2.16. The summed E-state index contributed by atoms with van der Waals surface area (Å²) in [4.78, 5) is 32.3. The number of aliphatic imine (C=N–C) groups is 1. The van der Waals surface area contributed by atoms with Crippen molar-refractivity contribution in [3.05, 3.63) is 39.1 Å². The van der Waals surface area contributed by atoms with Gasteiger partial charge >= 0.3 is 5.69 Å². The maximum absolute atomic E-state index is 11.9. The zero-order valence-electron chi connectivity index (χ0n) is 13.4. The van der Waals surface area contributed by atoms with Crippen LogP contribution in [0.25, 0.3) is 0 Å². The first-order valence-electron chi connectivity index (χ1n) is 7.36. The second kappa shape index (κ2) is 8.33. The molecule has 0 fully saturated rings. The van der Waals surface area contributed by atoms with Crippen LogP contribution in [-0.4, -0.2) is 51.4 Å². The summed E-state index contributed by atoms with van der Waals surface area (Å²) in [6.45, 7) is 12.6. The molecule has 0 saturated carbocycles. The van der Waals surface area contributed by atoms with Crippen molar-refractivity contribution in [1.82, 2.24) is 14.5 Å². The van der Waals surface area contributed by atoms with Crippen LogP contribution in [0.2, 0.25) is 0 Å². The molecule has 1 aromatic rings. The van der Waals surface area contributed by atoms with Crippen molar-refractivity contribution in [3.63, 3.8) is 0 Å². The van der Waals surface area contributed by atoms with Gasteiger partial charge in [0, 0.05) is 18.8 Å². The summed E-state index contributed by atoms with van der Waals surface area (Å²) in [6, 6.07) is 0. The molecule has 1 heterocycles. The van der Waals surface area contributed by atoms with Crippen LogP contribution in [0.4, 0.5) is 0 Å². The number of aromatic hydroxyl groups is 1. The fourth-order valence-corrected chi connectivity index (χ4v) is 2.16. The molecule has 0 aromatic carbocycles. The lowest BCUT2D eigenvalue weighted by molar-refractivity contribution is 0.313. The molecule has 0 atom stereocenters. The molecule has 7 nitrogen and oxygen atoms in total. The molecule has 7 heteroatoms. The highest BCUT2D eigenvalue weighted by Gasteiger charge is 2.15. The van der Waals surface area contributed by atoms with Gasteiger partial charge in [0.2, 0.25) is 5.88 Å². The van der Waals surface area contributed by atoms with Crippen LogP contribution >= 0.6 is 0 Å². The highest BCUT2D eigenvalue weighted by atomic mass is 16.3. The Bertz CT molecular complexity index is 654. The van der Waals surface area contributed by atoms with E-state index in [2.05, 4.69) is 35.3 Å². The van der Waals surface area contributed by atoms with Crippen molar-refractivity contribution in [2.75, 3.05) is 26.2 Å². The zero-order chi connectivity index (χ0) is 16.7. The molecule has 0 amide bonds. The molecule has 22 heavy (non-hydrogen) atoms. The van der Waals surface area contributed by atoms with Gasteiger partial charge in [-0.05, 0) is 20.0 Å². The monoisotopic (exact) mass is 308 g/mol. The smallest absolute Gasteiger partial charge is 0.331 e. The van der Waals surface area contributed by atoms with Gasteiger partial charge in [-0.3, -0.25) is 19.3 Å². The van der Waals surface area contributed by atoms with Gasteiger partial charge in [-0.15, -0.1) is 6.58 Å². The van der Waals surface area contributed by atoms with E-state index in [-0.39, 0.29) is 18.0 Å². The second-order valence-corrected chi connectivity index (χ2v) is 4.85. The van der Waals surface area contributed by atoms with Crippen LogP contribution in [0.3, 0.4) is 0 Å². The topological polar surface area (TPSA) is 90.7 Å². The van der Waals surface area contributed by atoms with Gasteiger partial charge in [-0.2, -0.15) is 0 Å². The molecule has 1 rings (SSSR count). The standard InChI is InChI=1S/C15H24N4O3/c1-5-9-19-14(21)12(13(20)17-15(19)22)11(4)16-8-10-18(6-2)7-3/h5,21H,1,6-10H2,2-4H3,(H,17,20,22). The van der Waals surface area contributed by atoms with Crippen LogP contribution in [0.1, 0.15) is 26.3 Å². The van der Waals surface area contributed by atoms with Crippen LogP contribution < -0.4 is 11.2 Å². The van der Waals surface area contributed by atoms with Gasteiger partial charge in [-0.25, -0.2) is 4.79 Å². The number of aromatic nitrogens is 2. The molecular weight excluding hydrogens is 284 g/mol. The highest BCUT2D eigenvalue weighted by Crippen LogP contribution is 2.11. The first kappa shape index (κ1) is 17.9. The Kier molecular flexibility index (Phi) is 6.78. The van der Waals surface area contributed by atoms with Gasteiger partial charge < -0.3 is 10.0 Å². The molecule has 0 aliphatic rings. The molecule has 0 aliphatic heterocycles. The lowest BCUT2D eigenvalue weighted by Crippen LogP contribution is -2.33. The van der Waals surface area contributed by atoms with Gasteiger partial charge in [0.25, 0.3) is 5.56 Å². The molecule has 1 aromatic heterocycles. The molecule has 122 valence electrons. The van der Waals surface area contributed by atoms with Crippen LogP contribution in [0.5, 0.6) is 5.88 Å². The number of likely N-dealkylation sites (N-methyl/N-ethyl adjacent to an activating group) is 1. The average molecular weight is 308 g/mol. The van der Waals surface area contributed by atoms with Crippen molar-refractivity contribution in [3.8, 4) is 5.88 Å². The maximum atomic E-state index is 11.9. The molecule has 0 bridgehead atoms. The number of nitrogens with one attached hydrogen (secondary N) is 1. The summed E-state index contributed by atoms with van der Waals surface area (Å²) in [5.74, 6) is -0.377. The Morgan fingerprint density at radius 3 is 2.59 bits per heavy atom. The molecule has 0 radical (unpaired) electrons. The third-order valence-electron chi connectivity index (χ3n) is 3.51. The summed E-state index contributed by atoms with van der Waals surface area (Å²) in [6.07, 6.45) is 1.47. The molecule has 0 spiro atoms. The summed E-state index contributed by atoms with van der Waals surface area (Å²) < 4.78 is 1.05. The normalized spacial score (nSPS) is 11.9. The van der Waals surface area contributed by atoms with E-state index in [0.29, 0.717) is 12.3 Å². The maximum Gasteiger partial charge on any atom is 0.331 e. The fraction of sp³-hybridized carbons (Fsp3) is 0.533. The Labute approximate surface area is 129 Å². The summed E-state index contributed by atoms with van der Waals surface area (Å²) in [5.41, 5.74) is -0.862. The molecule has 0 unspecified atom stereocenters. The van der Waals surface area contributed by atoms with Gasteiger partial charge in [-0.1, -0.05) is 19.9 Å². The van der Waals surface area contributed by atoms with Crippen molar-refractivity contribution >= 4 is 5.71 Å². The summed E-state index contributed by atoms with van der Waals surface area (Å²) in [7, 11) is 0. The minimum atomic E-state index is -0.665. The Balaban J connectivity index is 3.10. The first-order chi connectivity index (χ1) is 10.5. The van der Waals surface area contributed by atoms with Crippen molar-refractivity contribution in [1.29, 1.82) is 0 Å². The lowest BCUT2D eigenvalue weighted by atomic mass is 10.2. The van der Waals surface area contributed by atoms with Gasteiger partial charge in [0.05, 0.1) is 6.54 Å². The minimum absolute atomic E-state index is 0.0287. The SMILES string of the molecule is C=CCn1c(O)c(C(C)=NCCN(CC)CC)c(=O)[nH]c1=O. The van der Waals surface area contributed by atoms with E-state index < -0.39 is 11.2 Å². The third kappa shape index (κ3) is 4.17. The number of rotatable bonds is 8. The number of hydrogen-bond acceptors (Lipinski definition) is 5. The van der Waals surface area contributed by atoms with Crippen molar-refractivity contribution in [2.24, 2.45) is 4.99 Å². The van der Waals surface area contributed by atoms with Crippen LogP contribution in [0.15, 0.2) is 27.2 Å². The van der Waals surface area contributed by atoms with Gasteiger partial charge in [0.1, 0.15) is 5.56 Å². The molecule has 2 N–H and O–H groups in total. The Morgan fingerprint density at radius 1 is 1.41 bits per heavy atom. The molecule has 0 saturated heterocycles. The Morgan fingerprint density at radius 2 is 2.05 bits per heavy atom. The minimum Gasteiger partial charge on any atom is -0.494 e. The summed E-state index contributed by atoms with van der Waals surface area (Å²) in [5, 5.41) is 10.2. The summed E-state index contributed by atoms with van der Waals surface area (Å²) >= 11 is 0. The van der Waals surface area contributed by atoms with E-state index >= 15 is 0 Å². The Hall–Kier alpha value is -2.15. The quantitative estimate of drug-likeness (QED) is 0.543. The van der Waals surface area contributed by atoms with E-state index in [0.717, 1.165) is 24.2 Å². The van der Waals surface area contributed by atoms with E-state index in [1.54, 1.807) is 6.92 Å². The molecular formula is C15H24N4O3. The number of H-pyrrole nitrogens is 1. The predicted molar refractivity (Wildman–Crippen MR) is 88.1 cm³/mol. The van der Waals surface area contributed by atoms with E-state index in [9.17, 15) is 14.7 Å².